The Kier molecular flexibility index (Phi) is 4.29. The van der Waals surface area contributed by atoms with Crippen LogP contribution < -0.4 is 5.32 Å². The summed E-state index contributed by atoms with van der Waals surface area (Å²) in [6, 6.07) is 2.54. The third-order valence-corrected chi connectivity index (χ3v) is 5.07. The van der Waals surface area contributed by atoms with Gasteiger partial charge in [0.05, 0.1) is 15.4 Å². The molecule has 2 atom stereocenters. The number of halogens is 1. The van der Waals surface area contributed by atoms with E-state index in [1.54, 1.807) is 11.3 Å². The van der Waals surface area contributed by atoms with Crippen LogP contribution in [0.3, 0.4) is 0 Å². The Morgan fingerprint density at radius 2 is 2.41 bits per heavy atom. The van der Waals surface area contributed by atoms with Gasteiger partial charge < -0.3 is 10.1 Å². The Labute approximate surface area is 116 Å². The van der Waals surface area contributed by atoms with E-state index >= 15 is 0 Å². The first-order chi connectivity index (χ1) is 8.07. The zero-order valence-corrected chi connectivity index (χ0v) is 13.1. The van der Waals surface area contributed by atoms with Crippen LogP contribution in [0.5, 0.6) is 0 Å². The van der Waals surface area contributed by atoms with Crippen molar-refractivity contribution in [3.63, 3.8) is 0 Å². The van der Waals surface area contributed by atoms with Crippen molar-refractivity contribution in [3.05, 3.63) is 20.3 Å². The first-order valence-corrected chi connectivity index (χ1v) is 7.81. The molecule has 0 aliphatic carbocycles. The monoisotopic (exact) mass is 317 g/mol. The standard InChI is InChI=1S/C13H20BrNOS/c1-4-15-12(13(3)6-5-7-16-13)10-8-11(14)17-9(10)2/h8,12,15H,4-7H2,1-3H3. The molecule has 1 aromatic heterocycles. The topological polar surface area (TPSA) is 21.3 Å². The summed E-state index contributed by atoms with van der Waals surface area (Å²) < 4.78 is 7.20. The highest BCUT2D eigenvalue weighted by Gasteiger charge is 2.39. The summed E-state index contributed by atoms with van der Waals surface area (Å²) in [5, 5.41) is 3.60. The number of aryl methyl sites for hydroxylation is 1. The van der Waals surface area contributed by atoms with Gasteiger partial charge in [0.1, 0.15) is 0 Å². The minimum absolute atomic E-state index is 0.0543. The van der Waals surface area contributed by atoms with E-state index in [9.17, 15) is 0 Å². The molecule has 0 aromatic carbocycles. The highest BCUT2D eigenvalue weighted by Crippen LogP contribution is 2.41. The van der Waals surface area contributed by atoms with Gasteiger partial charge in [0.25, 0.3) is 0 Å². The minimum Gasteiger partial charge on any atom is -0.373 e. The molecule has 2 unspecified atom stereocenters. The fraction of sp³-hybridized carbons (Fsp3) is 0.692. The first kappa shape index (κ1) is 13.5. The van der Waals surface area contributed by atoms with Crippen molar-refractivity contribution in [2.75, 3.05) is 13.2 Å². The van der Waals surface area contributed by atoms with Crippen LogP contribution in [0.15, 0.2) is 9.85 Å². The second-order valence-corrected chi connectivity index (χ2v) is 7.45. The lowest BCUT2D eigenvalue weighted by atomic mass is 9.88. The Morgan fingerprint density at radius 1 is 1.65 bits per heavy atom. The van der Waals surface area contributed by atoms with Crippen LogP contribution in [0.25, 0.3) is 0 Å². The molecular weight excluding hydrogens is 298 g/mol. The molecule has 2 nitrogen and oxygen atoms in total. The fourth-order valence-electron chi connectivity index (χ4n) is 2.63. The van der Waals surface area contributed by atoms with Gasteiger partial charge in [-0.1, -0.05) is 6.92 Å². The number of ether oxygens (including phenoxy) is 1. The summed E-state index contributed by atoms with van der Waals surface area (Å²) in [6.07, 6.45) is 2.31. The van der Waals surface area contributed by atoms with E-state index in [4.69, 9.17) is 4.74 Å². The van der Waals surface area contributed by atoms with Crippen molar-refractivity contribution in [1.82, 2.24) is 5.32 Å². The molecule has 1 aromatic rings. The SMILES string of the molecule is CCNC(c1cc(Br)sc1C)C1(C)CCCO1. The quantitative estimate of drug-likeness (QED) is 0.905. The van der Waals surface area contributed by atoms with Crippen molar-refractivity contribution < 1.29 is 4.74 Å². The molecule has 1 aliphatic heterocycles. The van der Waals surface area contributed by atoms with Crippen molar-refractivity contribution in [2.24, 2.45) is 0 Å². The number of thiophene rings is 1. The molecule has 1 saturated heterocycles. The number of hydrogen-bond donors (Lipinski definition) is 1. The first-order valence-electron chi connectivity index (χ1n) is 6.20. The zero-order chi connectivity index (χ0) is 12.5. The highest BCUT2D eigenvalue weighted by atomic mass is 79.9. The van der Waals surface area contributed by atoms with E-state index in [-0.39, 0.29) is 5.60 Å². The number of nitrogens with one attached hydrogen (secondary N) is 1. The largest absolute Gasteiger partial charge is 0.373 e. The summed E-state index contributed by atoms with van der Waals surface area (Å²) in [4.78, 5) is 1.37. The maximum absolute atomic E-state index is 6.00. The lowest BCUT2D eigenvalue weighted by Crippen LogP contribution is -2.41. The number of rotatable bonds is 4. The fourth-order valence-corrected chi connectivity index (χ4v) is 4.38. The molecule has 0 saturated carbocycles. The Balaban J connectivity index is 2.31. The van der Waals surface area contributed by atoms with Gasteiger partial charge in [0, 0.05) is 11.5 Å². The van der Waals surface area contributed by atoms with E-state index in [0.717, 1.165) is 19.6 Å². The third kappa shape index (κ3) is 2.75. The van der Waals surface area contributed by atoms with E-state index in [0.29, 0.717) is 6.04 Å². The highest BCUT2D eigenvalue weighted by molar-refractivity contribution is 9.11. The van der Waals surface area contributed by atoms with Gasteiger partial charge in [-0.25, -0.2) is 0 Å². The average Bonchev–Trinajstić information content (AvgIpc) is 2.83. The lowest BCUT2D eigenvalue weighted by Gasteiger charge is -2.34. The molecule has 0 spiro atoms. The summed E-state index contributed by atoms with van der Waals surface area (Å²) in [5.41, 5.74) is 1.33. The van der Waals surface area contributed by atoms with E-state index in [2.05, 4.69) is 48.1 Å². The van der Waals surface area contributed by atoms with Crippen LogP contribution in [0.2, 0.25) is 0 Å². The number of hydrogen-bond acceptors (Lipinski definition) is 3. The summed E-state index contributed by atoms with van der Waals surface area (Å²) in [5.74, 6) is 0. The van der Waals surface area contributed by atoms with Gasteiger partial charge in [-0.3, -0.25) is 0 Å². The zero-order valence-electron chi connectivity index (χ0n) is 10.7. The molecular formula is C13H20BrNOS. The summed E-state index contributed by atoms with van der Waals surface area (Å²) >= 11 is 5.38. The molecule has 1 N–H and O–H groups in total. The predicted molar refractivity (Wildman–Crippen MR) is 76.8 cm³/mol. The molecule has 96 valence electrons. The summed E-state index contributed by atoms with van der Waals surface area (Å²) in [7, 11) is 0. The van der Waals surface area contributed by atoms with Gasteiger partial charge in [-0.2, -0.15) is 0 Å². The van der Waals surface area contributed by atoms with E-state index in [1.165, 1.54) is 20.6 Å². The maximum atomic E-state index is 6.00. The molecule has 17 heavy (non-hydrogen) atoms. The minimum atomic E-state index is -0.0543. The average molecular weight is 318 g/mol. The molecule has 0 radical (unpaired) electrons. The normalized spacial score (nSPS) is 26.4. The van der Waals surface area contributed by atoms with Gasteiger partial charge in [0.15, 0.2) is 0 Å². The van der Waals surface area contributed by atoms with Crippen molar-refractivity contribution in [1.29, 1.82) is 0 Å². The second-order valence-electron chi connectivity index (χ2n) is 4.82. The lowest BCUT2D eigenvalue weighted by molar-refractivity contribution is -0.0121. The number of likely N-dealkylation sites (N-methyl/N-ethyl adjacent to an activating group) is 1. The van der Waals surface area contributed by atoms with Gasteiger partial charge in [0.2, 0.25) is 0 Å². The summed E-state index contributed by atoms with van der Waals surface area (Å²) in [6.45, 7) is 8.44. The third-order valence-electron chi connectivity index (χ3n) is 3.51. The van der Waals surface area contributed by atoms with Crippen LogP contribution in [0, 0.1) is 6.92 Å². The Bertz CT molecular complexity index is 385. The van der Waals surface area contributed by atoms with Gasteiger partial charge >= 0.3 is 0 Å². The van der Waals surface area contributed by atoms with Crippen LogP contribution >= 0.6 is 27.3 Å². The van der Waals surface area contributed by atoms with Crippen LogP contribution in [-0.2, 0) is 4.74 Å². The Morgan fingerprint density at radius 3 is 2.88 bits per heavy atom. The van der Waals surface area contributed by atoms with E-state index in [1.807, 2.05) is 0 Å². The predicted octanol–water partition coefficient (Wildman–Crippen LogP) is 4.04. The smallest absolute Gasteiger partial charge is 0.0849 e. The molecule has 2 rings (SSSR count). The van der Waals surface area contributed by atoms with Crippen molar-refractivity contribution in [2.45, 2.75) is 45.3 Å². The van der Waals surface area contributed by atoms with Crippen molar-refractivity contribution in [3.8, 4) is 0 Å². The molecule has 0 bridgehead atoms. The molecule has 1 fully saturated rings. The van der Waals surface area contributed by atoms with Gasteiger partial charge in [-0.05, 0) is 60.8 Å². The van der Waals surface area contributed by atoms with Crippen LogP contribution in [0.4, 0.5) is 0 Å². The molecule has 4 heteroatoms. The van der Waals surface area contributed by atoms with Crippen LogP contribution in [0.1, 0.15) is 43.2 Å². The second kappa shape index (κ2) is 5.39. The van der Waals surface area contributed by atoms with Crippen LogP contribution in [-0.4, -0.2) is 18.8 Å². The Hall–Kier alpha value is 0.1000. The van der Waals surface area contributed by atoms with Gasteiger partial charge in [-0.15, -0.1) is 11.3 Å². The molecule has 2 heterocycles. The van der Waals surface area contributed by atoms with E-state index < -0.39 is 0 Å². The maximum Gasteiger partial charge on any atom is 0.0849 e. The molecule has 1 aliphatic rings. The van der Waals surface area contributed by atoms with Crippen molar-refractivity contribution >= 4 is 27.3 Å². The molecule has 0 amide bonds.